The number of hydrogen-bond donors (Lipinski definition) is 2. The Balaban J connectivity index is 3.08. The first-order chi connectivity index (χ1) is 3.27. The first-order valence-corrected chi connectivity index (χ1v) is 2.98. The van der Waals surface area contributed by atoms with Gasteiger partial charge in [-0.15, -0.1) is 0 Å². The predicted octanol–water partition coefficient (Wildman–Crippen LogP) is -0.0505. The van der Waals surface area contributed by atoms with E-state index >= 15 is 0 Å². The van der Waals surface area contributed by atoms with E-state index in [4.69, 9.17) is 10.0 Å². The van der Waals surface area contributed by atoms with E-state index in [9.17, 15) is 0 Å². The van der Waals surface area contributed by atoms with Crippen LogP contribution >= 0.6 is 15.9 Å². The molecule has 7 heavy (non-hydrogen) atoms. The normalized spacial score (nSPS) is 10.1. The zero-order chi connectivity index (χ0) is 5.70. The molecule has 0 unspecified atom stereocenters. The van der Waals surface area contributed by atoms with Crippen LogP contribution in [-0.4, -0.2) is 22.5 Å². The molecule has 0 heterocycles. The average molecular weight is 165 g/mol. The van der Waals surface area contributed by atoms with Crippen molar-refractivity contribution in [1.29, 1.82) is 0 Å². The minimum absolute atomic E-state index is 0.657. The summed E-state index contributed by atoms with van der Waals surface area (Å²) in [6.45, 7) is 0. The molecule has 4 heteroatoms. The lowest BCUT2D eigenvalue weighted by molar-refractivity contribution is 0.424. The lowest BCUT2D eigenvalue weighted by atomic mass is 9.92. The summed E-state index contributed by atoms with van der Waals surface area (Å²) in [5.74, 6) is 1.29. The Hall–Kier alpha value is 0.205. The Bertz CT molecular complexity index is 64.0. The SMILES string of the molecule is OB(O)C=CCBr. The molecule has 0 aromatic rings. The molecule has 40 valence electrons. The molecule has 0 atom stereocenters. The maximum Gasteiger partial charge on any atom is 0.480 e. The summed E-state index contributed by atoms with van der Waals surface area (Å²) in [7, 11) is -1.31. The van der Waals surface area contributed by atoms with Crippen LogP contribution in [0.3, 0.4) is 0 Å². The fourth-order valence-corrected chi connectivity index (χ4v) is 0.389. The van der Waals surface area contributed by atoms with Gasteiger partial charge in [-0.3, -0.25) is 0 Å². The van der Waals surface area contributed by atoms with Gasteiger partial charge >= 0.3 is 7.12 Å². The molecule has 0 rings (SSSR count). The molecule has 0 saturated carbocycles. The highest BCUT2D eigenvalue weighted by molar-refractivity contribution is 9.09. The van der Waals surface area contributed by atoms with E-state index in [-0.39, 0.29) is 0 Å². The molecule has 0 aliphatic heterocycles. The minimum atomic E-state index is -1.31. The van der Waals surface area contributed by atoms with E-state index in [2.05, 4.69) is 15.9 Å². The number of allylic oxidation sites excluding steroid dienone is 1. The van der Waals surface area contributed by atoms with Gasteiger partial charge < -0.3 is 10.0 Å². The average Bonchev–Trinajstić information content (AvgIpc) is 1.61. The third kappa shape index (κ3) is 6.20. The van der Waals surface area contributed by atoms with Gasteiger partial charge in [-0.2, -0.15) is 0 Å². The fraction of sp³-hybridized carbons (Fsp3) is 0.333. The smallest absolute Gasteiger partial charge is 0.424 e. The van der Waals surface area contributed by atoms with Gasteiger partial charge in [0.2, 0.25) is 0 Å². The zero-order valence-electron chi connectivity index (χ0n) is 3.71. The van der Waals surface area contributed by atoms with Crippen LogP contribution in [0.15, 0.2) is 12.1 Å². The molecule has 0 bridgehead atoms. The second-order valence-corrected chi connectivity index (χ2v) is 1.64. The van der Waals surface area contributed by atoms with Gasteiger partial charge in [0.25, 0.3) is 0 Å². The summed E-state index contributed by atoms with van der Waals surface area (Å²) in [6.07, 6.45) is 1.62. The molecule has 2 N–H and O–H groups in total. The van der Waals surface area contributed by atoms with Crippen LogP contribution in [0.2, 0.25) is 0 Å². The third-order valence-corrected chi connectivity index (χ3v) is 0.771. The number of hydrogen-bond acceptors (Lipinski definition) is 2. The molecule has 0 saturated heterocycles. The predicted molar refractivity (Wildman–Crippen MR) is 33.1 cm³/mol. The fourth-order valence-electron chi connectivity index (χ4n) is 0.173. The molecule has 0 amide bonds. The molecule has 0 radical (unpaired) electrons. The minimum Gasteiger partial charge on any atom is -0.424 e. The van der Waals surface area contributed by atoms with Gasteiger partial charge in [-0.25, -0.2) is 0 Å². The first kappa shape index (κ1) is 7.20. The van der Waals surface area contributed by atoms with Crippen molar-refractivity contribution in [2.45, 2.75) is 0 Å². The highest BCUT2D eigenvalue weighted by Crippen LogP contribution is 1.80. The van der Waals surface area contributed by atoms with Crippen molar-refractivity contribution < 1.29 is 10.0 Å². The number of halogens is 1. The van der Waals surface area contributed by atoms with Crippen molar-refractivity contribution in [2.75, 3.05) is 5.33 Å². The van der Waals surface area contributed by atoms with Gasteiger partial charge in [0, 0.05) is 5.33 Å². The van der Waals surface area contributed by atoms with Crippen LogP contribution in [0, 0.1) is 0 Å². The van der Waals surface area contributed by atoms with Gasteiger partial charge in [0.15, 0.2) is 0 Å². The Morgan fingerprint density at radius 1 is 1.57 bits per heavy atom. The van der Waals surface area contributed by atoms with E-state index < -0.39 is 7.12 Å². The number of alkyl halides is 1. The summed E-state index contributed by atoms with van der Waals surface area (Å²) in [4.78, 5) is 0. The Kier molecular flexibility index (Phi) is 4.49. The van der Waals surface area contributed by atoms with Crippen LogP contribution < -0.4 is 0 Å². The molecule has 0 aliphatic carbocycles. The van der Waals surface area contributed by atoms with Crippen LogP contribution in [0.25, 0.3) is 0 Å². The quantitative estimate of drug-likeness (QED) is 0.444. The van der Waals surface area contributed by atoms with Gasteiger partial charge in [-0.1, -0.05) is 28.0 Å². The highest BCUT2D eigenvalue weighted by Gasteiger charge is 1.94. The van der Waals surface area contributed by atoms with Gasteiger partial charge in [0.1, 0.15) is 0 Å². The molecular formula is C3H6BBrO2. The van der Waals surface area contributed by atoms with Crippen molar-refractivity contribution in [3.63, 3.8) is 0 Å². The second-order valence-electron chi connectivity index (χ2n) is 0.996. The van der Waals surface area contributed by atoms with E-state index in [0.717, 1.165) is 0 Å². The van der Waals surface area contributed by atoms with E-state index in [1.54, 1.807) is 6.08 Å². The maximum absolute atomic E-state index is 8.13. The molecule has 0 aromatic carbocycles. The first-order valence-electron chi connectivity index (χ1n) is 1.86. The summed E-state index contributed by atoms with van der Waals surface area (Å²) in [6, 6.07) is 0. The van der Waals surface area contributed by atoms with E-state index in [0.29, 0.717) is 5.33 Å². The number of rotatable bonds is 2. The summed E-state index contributed by atoms with van der Waals surface area (Å²) < 4.78 is 0. The highest BCUT2D eigenvalue weighted by atomic mass is 79.9. The van der Waals surface area contributed by atoms with E-state index in [1.807, 2.05) is 0 Å². The largest absolute Gasteiger partial charge is 0.480 e. The molecular weight excluding hydrogens is 159 g/mol. The van der Waals surface area contributed by atoms with Crippen LogP contribution in [0.1, 0.15) is 0 Å². The van der Waals surface area contributed by atoms with Gasteiger partial charge in [-0.05, 0) is 0 Å². The van der Waals surface area contributed by atoms with Crippen molar-refractivity contribution >= 4 is 23.0 Å². The van der Waals surface area contributed by atoms with Crippen LogP contribution in [-0.2, 0) is 0 Å². The van der Waals surface area contributed by atoms with Crippen molar-refractivity contribution in [1.82, 2.24) is 0 Å². The molecule has 0 aliphatic rings. The monoisotopic (exact) mass is 164 g/mol. The van der Waals surface area contributed by atoms with Crippen molar-refractivity contribution in [2.24, 2.45) is 0 Å². The maximum atomic E-state index is 8.13. The Morgan fingerprint density at radius 3 is 2.29 bits per heavy atom. The third-order valence-electron chi connectivity index (χ3n) is 0.397. The summed E-state index contributed by atoms with van der Waals surface area (Å²) in [5, 5.41) is 16.9. The van der Waals surface area contributed by atoms with Crippen molar-refractivity contribution in [3.8, 4) is 0 Å². The molecule has 0 fully saturated rings. The van der Waals surface area contributed by atoms with E-state index in [1.165, 1.54) is 5.98 Å². The second kappa shape index (κ2) is 4.37. The van der Waals surface area contributed by atoms with Crippen LogP contribution in [0.4, 0.5) is 0 Å². The Labute approximate surface area is 51.1 Å². The Morgan fingerprint density at radius 2 is 2.14 bits per heavy atom. The van der Waals surface area contributed by atoms with Crippen molar-refractivity contribution in [3.05, 3.63) is 12.1 Å². The van der Waals surface area contributed by atoms with Gasteiger partial charge in [0.05, 0.1) is 0 Å². The lowest BCUT2D eigenvalue weighted by Crippen LogP contribution is -2.05. The molecule has 2 nitrogen and oxygen atoms in total. The molecule has 0 spiro atoms. The zero-order valence-corrected chi connectivity index (χ0v) is 5.30. The standard InChI is InChI=1S/C3H6BBrO2/c5-3-1-2-4(6)7/h1-2,6-7H,3H2. The topological polar surface area (TPSA) is 40.5 Å². The summed E-state index contributed by atoms with van der Waals surface area (Å²) in [5.41, 5.74) is 0. The van der Waals surface area contributed by atoms with Crippen LogP contribution in [0.5, 0.6) is 0 Å². The molecule has 0 aromatic heterocycles. The summed E-state index contributed by atoms with van der Waals surface area (Å²) >= 11 is 3.07. The lowest BCUT2D eigenvalue weighted by Gasteiger charge is -1.80.